The molecule has 0 radical (unpaired) electrons. The first-order chi connectivity index (χ1) is 8.92. The molecule has 0 fully saturated rings. The minimum absolute atomic E-state index is 0.600. The lowest BCUT2D eigenvalue weighted by Gasteiger charge is -2.07. The van der Waals surface area contributed by atoms with Crippen molar-refractivity contribution in [3.63, 3.8) is 0 Å². The molecule has 88 valence electrons. The lowest BCUT2D eigenvalue weighted by Crippen LogP contribution is -1.87. The van der Waals surface area contributed by atoms with Crippen LogP contribution in [0.3, 0.4) is 0 Å². The monoisotopic (exact) mass is 234 g/mol. The Hall–Kier alpha value is -2.37. The first kappa shape index (κ1) is 12.1. The van der Waals surface area contributed by atoms with Gasteiger partial charge in [0.25, 0.3) is 0 Å². The van der Waals surface area contributed by atoms with Crippen LogP contribution in [0.5, 0.6) is 0 Å². The highest BCUT2D eigenvalue weighted by atomic mass is 16.1. The van der Waals surface area contributed by atoms with Crippen molar-refractivity contribution in [3.8, 4) is 0 Å². The molecule has 0 aliphatic heterocycles. The van der Waals surface area contributed by atoms with Crippen LogP contribution in [0, 0.1) is 0 Å². The van der Waals surface area contributed by atoms with E-state index < -0.39 is 0 Å². The fraction of sp³-hybridized carbons (Fsp3) is 0.0588. The van der Waals surface area contributed by atoms with Crippen LogP contribution in [-0.2, 0) is 4.79 Å². The van der Waals surface area contributed by atoms with Crippen LogP contribution < -0.4 is 0 Å². The average Bonchev–Trinajstić information content (AvgIpc) is 2.46. The third kappa shape index (κ3) is 3.07. The Morgan fingerprint density at radius 3 is 1.83 bits per heavy atom. The van der Waals surface area contributed by atoms with Crippen molar-refractivity contribution < 1.29 is 4.79 Å². The van der Waals surface area contributed by atoms with Crippen LogP contribution in [-0.4, -0.2) is 5.94 Å². The van der Waals surface area contributed by atoms with E-state index in [0.29, 0.717) is 6.42 Å². The second kappa shape index (κ2) is 6.39. The van der Waals surface area contributed by atoms with Crippen molar-refractivity contribution in [1.82, 2.24) is 0 Å². The van der Waals surface area contributed by atoms with Gasteiger partial charge in [-0.1, -0.05) is 66.7 Å². The Kier molecular flexibility index (Phi) is 4.29. The minimum atomic E-state index is 0.600. The first-order valence-electron chi connectivity index (χ1n) is 5.92. The number of allylic oxidation sites excluding steroid dienone is 2. The van der Waals surface area contributed by atoms with Crippen LogP contribution >= 0.6 is 0 Å². The van der Waals surface area contributed by atoms with E-state index in [0.717, 1.165) is 16.7 Å². The van der Waals surface area contributed by atoms with E-state index in [9.17, 15) is 4.79 Å². The standard InChI is InChI=1S/C17H14O/c18-14-8-7-13-17(15-9-3-1-4-10-15)16-11-5-2-6-12-16/h1-6,8-13H,7H2. The zero-order valence-electron chi connectivity index (χ0n) is 10.0. The maximum absolute atomic E-state index is 10.2. The van der Waals surface area contributed by atoms with Crippen molar-refractivity contribution in [2.24, 2.45) is 0 Å². The SMILES string of the molecule is O=C=CCC=C(c1ccccc1)c1ccccc1. The van der Waals surface area contributed by atoms with Gasteiger partial charge < -0.3 is 0 Å². The summed E-state index contributed by atoms with van der Waals surface area (Å²) in [6.07, 6.45) is 4.14. The molecule has 2 rings (SSSR count). The second-order valence-electron chi connectivity index (χ2n) is 3.91. The van der Waals surface area contributed by atoms with E-state index >= 15 is 0 Å². The molecule has 0 spiro atoms. The summed E-state index contributed by atoms with van der Waals surface area (Å²) in [4.78, 5) is 10.2. The fourth-order valence-corrected chi connectivity index (χ4v) is 1.86. The van der Waals surface area contributed by atoms with Crippen LogP contribution in [0.15, 0.2) is 72.8 Å². The van der Waals surface area contributed by atoms with Gasteiger partial charge in [-0.05, 0) is 23.1 Å². The fourth-order valence-electron chi connectivity index (χ4n) is 1.86. The minimum Gasteiger partial charge on any atom is -0.234 e. The van der Waals surface area contributed by atoms with Crippen molar-refractivity contribution in [1.29, 1.82) is 0 Å². The molecule has 0 saturated heterocycles. The molecular weight excluding hydrogens is 220 g/mol. The zero-order chi connectivity index (χ0) is 12.6. The molecule has 1 heteroatoms. The summed E-state index contributed by atoms with van der Waals surface area (Å²) in [5.41, 5.74) is 3.45. The van der Waals surface area contributed by atoms with Gasteiger partial charge in [-0.3, -0.25) is 0 Å². The molecule has 0 amide bonds. The van der Waals surface area contributed by atoms with E-state index in [4.69, 9.17) is 0 Å². The lowest BCUT2D eigenvalue weighted by atomic mass is 9.97. The Labute approximate surface area is 107 Å². The average molecular weight is 234 g/mol. The quantitative estimate of drug-likeness (QED) is 0.733. The zero-order valence-corrected chi connectivity index (χ0v) is 10.0. The van der Waals surface area contributed by atoms with E-state index in [1.807, 2.05) is 36.4 Å². The first-order valence-corrected chi connectivity index (χ1v) is 5.92. The second-order valence-corrected chi connectivity index (χ2v) is 3.91. The summed E-state index contributed by atoms with van der Waals surface area (Å²) in [6, 6.07) is 20.3. The third-order valence-corrected chi connectivity index (χ3v) is 2.69. The number of benzene rings is 2. The number of hydrogen-bond acceptors (Lipinski definition) is 1. The Bertz CT molecular complexity index is 520. The van der Waals surface area contributed by atoms with Gasteiger partial charge >= 0.3 is 0 Å². The molecule has 0 bridgehead atoms. The predicted octanol–water partition coefficient (Wildman–Crippen LogP) is 3.90. The highest BCUT2D eigenvalue weighted by Gasteiger charge is 2.02. The molecule has 18 heavy (non-hydrogen) atoms. The highest BCUT2D eigenvalue weighted by Crippen LogP contribution is 2.23. The van der Waals surface area contributed by atoms with Gasteiger partial charge in [0, 0.05) is 6.08 Å². The van der Waals surface area contributed by atoms with Crippen LogP contribution in [0.2, 0.25) is 0 Å². The Balaban J connectivity index is 2.41. The maximum atomic E-state index is 10.2. The molecule has 1 nitrogen and oxygen atoms in total. The van der Waals surface area contributed by atoms with Crippen LogP contribution in [0.4, 0.5) is 0 Å². The summed E-state index contributed by atoms with van der Waals surface area (Å²) in [7, 11) is 0. The molecule has 2 aromatic rings. The van der Waals surface area contributed by atoms with E-state index in [1.165, 1.54) is 6.08 Å². The molecule has 0 aliphatic carbocycles. The Morgan fingerprint density at radius 2 is 1.39 bits per heavy atom. The lowest BCUT2D eigenvalue weighted by molar-refractivity contribution is 0.568. The van der Waals surface area contributed by atoms with E-state index in [-0.39, 0.29) is 0 Å². The molecule has 0 aromatic heterocycles. The van der Waals surface area contributed by atoms with E-state index in [1.54, 1.807) is 5.94 Å². The molecule has 0 aliphatic rings. The maximum Gasteiger partial charge on any atom is 0.120 e. The van der Waals surface area contributed by atoms with Crippen molar-refractivity contribution in [2.45, 2.75) is 6.42 Å². The normalized spacial score (nSPS) is 9.33. The molecule has 0 saturated carbocycles. The van der Waals surface area contributed by atoms with E-state index in [2.05, 4.69) is 30.3 Å². The summed E-state index contributed by atoms with van der Waals surface area (Å²) >= 11 is 0. The van der Waals surface area contributed by atoms with Gasteiger partial charge in [0.2, 0.25) is 0 Å². The Morgan fingerprint density at radius 1 is 0.889 bits per heavy atom. The number of hydrogen-bond donors (Lipinski definition) is 0. The highest BCUT2D eigenvalue weighted by molar-refractivity contribution is 5.79. The van der Waals surface area contributed by atoms with Crippen molar-refractivity contribution in [3.05, 3.63) is 83.9 Å². The predicted molar refractivity (Wildman–Crippen MR) is 74.8 cm³/mol. The van der Waals surface area contributed by atoms with Crippen LogP contribution in [0.1, 0.15) is 17.5 Å². The molecule has 0 unspecified atom stereocenters. The molecule has 0 N–H and O–H groups in total. The molecule has 0 atom stereocenters. The van der Waals surface area contributed by atoms with Crippen molar-refractivity contribution in [2.75, 3.05) is 0 Å². The largest absolute Gasteiger partial charge is 0.234 e. The molecule has 2 aromatic carbocycles. The van der Waals surface area contributed by atoms with Gasteiger partial charge in [0.05, 0.1) is 0 Å². The van der Waals surface area contributed by atoms with Crippen LogP contribution in [0.25, 0.3) is 5.57 Å². The van der Waals surface area contributed by atoms with Gasteiger partial charge in [-0.2, -0.15) is 0 Å². The summed E-state index contributed by atoms with van der Waals surface area (Å²) < 4.78 is 0. The number of rotatable bonds is 4. The van der Waals surface area contributed by atoms with Gasteiger partial charge in [0.1, 0.15) is 5.94 Å². The van der Waals surface area contributed by atoms with Gasteiger partial charge in [-0.15, -0.1) is 0 Å². The molecular formula is C17H14O. The van der Waals surface area contributed by atoms with Crippen molar-refractivity contribution >= 4 is 11.5 Å². The van der Waals surface area contributed by atoms with Gasteiger partial charge in [0.15, 0.2) is 0 Å². The summed E-state index contributed by atoms with van der Waals surface area (Å²) in [5, 5.41) is 0. The van der Waals surface area contributed by atoms with Gasteiger partial charge in [-0.25, -0.2) is 4.79 Å². The molecule has 0 heterocycles. The summed E-state index contributed by atoms with van der Waals surface area (Å²) in [6.45, 7) is 0. The smallest absolute Gasteiger partial charge is 0.120 e. The topological polar surface area (TPSA) is 17.1 Å². The summed E-state index contributed by atoms with van der Waals surface area (Å²) in [5.74, 6) is 1.81. The third-order valence-electron chi connectivity index (χ3n) is 2.69. The number of carbonyl (C=O) groups excluding carboxylic acids is 1.